The number of halogens is 1. The summed E-state index contributed by atoms with van der Waals surface area (Å²) in [6.07, 6.45) is 1.71. The first-order valence-corrected chi connectivity index (χ1v) is 13.8. The maximum absolute atomic E-state index is 13.3. The van der Waals surface area contributed by atoms with E-state index in [-0.39, 0.29) is 23.7 Å². The van der Waals surface area contributed by atoms with Gasteiger partial charge in [0.15, 0.2) is 0 Å². The second-order valence-electron chi connectivity index (χ2n) is 8.05. The number of rotatable bonds is 11. The quantitative estimate of drug-likeness (QED) is 0.441. The van der Waals surface area contributed by atoms with Crippen LogP contribution in [0, 0.1) is 5.82 Å². The van der Waals surface area contributed by atoms with Crippen LogP contribution in [0.25, 0.3) is 0 Å². The van der Waals surface area contributed by atoms with Crippen LogP contribution in [0.2, 0.25) is 0 Å². The van der Waals surface area contributed by atoms with Gasteiger partial charge in [-0.25, -0.2) is 17.1 Å². The molecule has 3 rings (SSSR count). The van der Waals surface area contributed by atoms with Crippen LogP contribution in [-0.2, 0) is 25.0 Å². The zero-order chi connectivity index (χ0) is 25.6. The van der Waals surface area contributed by atoms with E-state index in [9.17, 15) is 26.0 Å². The van der Waals surface area contributed by atoms with Gasteiger partial charge in [-0.3, -0.25) is 4.79 Å². The van der Waals surface area contributed by atoms with E-state index in [0.29, 0.717) is 18.8 Å². The zero-order valence-corrected chi connectivity index (χ0v) is 21.2. The highest BCUT2D eigenvalue weighted by molar-refractivity contribution is 7.90. The second-order valence-corrected chi connectivity index (χ2v) is 12.1. The van der Waals surface area contributed by atoms with Crippen LogP contribution >= 0.6 is 0 Å². The first-order valence-electron chi connectivity index (χ1n) is 11.0. The van der Waals surface area contributed by atoms with E-state index >= 15 is 0 Å². The lowest BCUT2D eigenvalue weighted by molar-refractivity contribution is -0.119. The van der Waals surface area contributed by atoms with E-state index < -0.39 is 38.5 Å². The van der Waals surface area contributed by atoms with Gasteiger partial charge in [0, 0.05) is 27.2 Å². The molecule has 10 nitrogen and oxygen atoms in total. The van der Waals surface area contributed by atoms with Crippen molar-refractivity contribution in [3.8, 4) is 5.75 Å². The zero-order valence-electron chi connectivity index (χ0n) is 19.6. The third-order valence-electron chi connectivity index (χ3n) is 5.36. The Balaban J connectivity index is 1.53. The number of carbonyl (C=O) groups excluding carboxylic acids is 1. The summed E-state index contributed by atoms with van der Waals surface area (Å²) >= 11 is 0. The molecule has 1 amide bonds. The highest BCUT2D eigenvalue weighted by Gasteiger charge is 2.28. The number of sulfonamides is 1. The van der Waals surface area contributed by atoms with Crippen LogP contribution in [0.3, 0.4) is 0 Å². The molecule has 192 valence electrons. The second kappa shape index (κ2) is 11.3. The van der Waals surface area contributed by atoms with Gasteiger partial charge in [0.05, 0.1) is 17.1 Å². The van der Waals surface area contributed by atoms with Crippen molar-refractivity contribution >= 4 is 31.8 Å². The SMILES string of the molecule is CN(C)S(=O)(=O)N(CC(=O)NCCOc1ccc(S(=O)(=O)N2CCCC2)cc1)c1ccc(F)cc1. The van der Waals surface area contributed by atoms with Gasteiger partial charge in [-0.1, -0.05) is 0 Å². The highest BCUT2D eigenvalue weighted by atomic mass is 32.2. The number of nitrogens with zero attached hydrogens (tertiary/aromatic N) is 3. The molecule has 0 saturated carbocycles. The largest absolute Gasteiger partial charge is 0.492 e. The van der Waals surface area contributed by atoms with Gasteiger partial charge in [0.2, 0.25) is 15.9 Å². The van der Waals surface area contributed by atoms with E-state index in [1.807, 2.05) is 0 Å². The molecule has 1 aliphatic rings. The summed E-state index contributed by atoms with van der Waals surface area (Å²) in [7, 11) is -4.84. The molecule has 1 heterocycles. The normalized spacial score (nSPS) is 14.7. The topological polar surface area (TPSA) is 116 Å². The lowest BCUT2D eigenvalue weighted by Gasteiger charge is -2.26. The first kappa shape index (κ1) is 26.9. The van der Waals surface area contributed by atoms with E-state index in [4.69, 9.17) is 4.74 Å². The standard InChI is InChI=1S/C22H29FN4O6S2/c1-25(2)35(31,32)27(19-7-5-18(23)6-8-19)17-22(28)24-13-16-33-20-9-11-21(12-10-20)34(29,30)26-14-3-4-15-26/h5-12H,3-4,13-17H2,1-2H3,(H,24,28). The maximum atomic E-state index is 13.3. The molecule has 13 heteroatoms. The molecule has 2 aromatic carbocycles. The minimum Gasteiger partial charge on any atom is -0.492 e. The van der Waals surface area contributed by atoms with Gasteiger partial charge in [0.25, 0.3) is 0 Å². The van der Waals surface area contributed by atoms with Crippen LogP contribution in [0.1, 0.15) is 12.8 Å². The highest BCUT2D eigenvalue weighted by Crippen LogP contribution is 2.23. The van der Waals surface area contributed by atoms with E-state index in [1.165, 1.54) is 42.7 Å². The Morgan fingerprint density at radius 3 is 2.17 bits per heavy atom. The first-order chi connectivity index (χ1) is 16.5. The van der Waals surface area contributed by atoms with Crippen molar-refractivity contribution in [3.63, 3.8) is 0 Å². The van der Waals surface area contributed by atoms with Crippen LogP contribution in [0.15, 0.2) is 53.4 Å². The molecular formula is C22H29FN4O6S2. The summed E-state index contributed by atoms with van der Waals surface area (Å²) in [6, 6.07) is 10.8. The Kier molecular flexibility index (Phi) is 8.70. The third-order valence-corrected chi connectivity index (χ3v) is 9.09. The number of anilines is 1. The molecular weight excluding hydrogens is 499 g/mol. The van der Waals surface area contributed by atoms with E-state index in [1.54, 1.807) is 12.1 Å². The summed E-state index contributed by atoms with van der Waals surface area (Å²) in [4.78, 5) is 12.6. The van der Waals surface area contributed by atoms with Gasteiger partial charge < -0.3 is 10.1 Å². The minimum atomic E-state index is -4.00. The van der Waals surface area contributed by atoms with Gasteiger partial charge >= 0.3 is 10.2 Å². The van der Waals surface area contributed by atoms with Crippen LogP contribution in [0.4, 0.5) is 10.1 Å². The molecule has 0 radical (unpaired) electrons. The van der Waals surface area contributed by atoms with Gasteiger partial charge in [-0.15, -0.1) is 0 Å². The van der Waals surface area contributed by atoms with E-state index in [2.05, 4.69) is 5.32 Å². The summed E-state index contributed by atoms with van der Waals surface area (Å²) in [5.74, 6) is -0.669. The summed E-state index contributed by atoms with van der Waals surface area (Å²) in [5.41, 5.74) is 0.149. The molecule has 1 N–H and O–H groups in total. The fourth-order valence-corrected chi connectivity index (χ4v) is 6.02. The molecule has 0 aliphatic carbocycles. The van der Waals surface area contributed by atoms with Crippen molar-refractivity contribution in [2.75, 3.05) is 51.2 Å². The van der Waals surface area contributed by atoms with Crippen molar-refractivity contribution in [2.45, 2.75) is 17.7 Å². The minimum absolute atomic E-state index is 0.0843. The van der Waals surface area contributed by atoms with Crippen molar-refractivity contribution < 1.29 is 30.8 Å². The lowest BCUT2D eigenvalue weighted by atomic mass is 10.3. The summed E-state index contributed by atoms with van der Waals surface area (Å²) in [6.45, 7) is 0.714. The van der Waals surface area contributed by atoms with Crippen molar-refractivity contribution in [3.05, 3.63) is 54.3 Å². The Bertz CT molecular complexity index is 1210. The Morgan fingerprint density at radius 1 is 1.00 bits per heavy atom. The molecule has 1 aliphatic heterocycles. The van der Waals surface area contributed by atoms with Crippen molar-refractivity contribution in [2.24, 2.45) is 0 Å². The van der Waals surface area contributed by atoms with Gasteiger partial charge in [-0.2, -0.15) is 17.0 Å². The smallest absolute Gasteiger partial charge is 0.304 e. The fourth-order valence-electron chi connectivity index (χ4n) is 3.44. The predicted octanol–water partition coefficient (Wildman–Crippen LogP) is 1.42. The van der Waals surface area contributed by atoms with Crippen LogP contribution in [0.5, 0.6) is 5.75 Å². The Hall–Kier alpha value is -2.74. The number of amides is 1. The third kappa shape index (κ3) is 6.69. The van der Waals surface area contributed by atoms with Gasteiger partial charge in [0.1, 0.15) is 24.7 Å². The molecule has 0 atom stereocenters. The molecule has 35 heavy (non-hydrogen) atoms. The van der Waals surface area contributed by atoms with Crippen molar-refractivity contribution in [1.29, 1.82) is 0 Å². The monoisotopic (exact) mass is 528 g/mol. The predicted molar refractivity (Wildman–Crippen MR) is 129 cm³/mol. The number of ether oxygens (including phenoxy) is 1. The maximum Gasteiger partial charge on any atom is 0.304 e. The fraction of sp³-hybridized carbons (Fsp3) is 0.409. The summed E-state index contributed by atoms with van der Waals surface area (Å²) < 4.78 is 72.6. The van der Waals surface area contributed by atoms with Gasteiger partial charge in [-0.05, 0) is 61.4 Å². The number of nitrogens with one attached hydrogen (secondary N) is 1. The number of carbonyl (C=O) groups is 1. The average Bonchev–Trinajstić information content (AvgIpc) is 3.37. The number of hydrogen-bond acceptors (Lipinski definition) is 6. The Morgan fingerprint density at radius 2 is 1.60 bits per heavy atom. The summed E-state index contributed by atoms with van der Waals surface area (Å²) in [5, 5.41) is 2.58. The Labute approximate surface area is 205 Å². The average molecular weight is 529 g/mol. The van der Waals surface area contributed by atoms with Crippen molar-refractivity contribution in [1.82, 2.24) is 13.9 Å². The van der Waals surface area contributed by atoms with Crippen LogP contribution < -0.4 is 14.4 Å². The molecule has 1 saturated heterocycles. The molecule has 1 fully saturated rings. The molecule has 0 aromatic heterocycles. The van der Waals surface area contributed by atoms with Crippen LogP contribution in [-0.4, -0.2) is 78.2 Å². The molecule has 0 unspecified atom stereocenters. The molecule has 0 bridgehead atoms. The van der Waals surface area contributed by atoms with E-state index in [0.717, 1.165) is 33.6 Å². The number of hydrogen-bond donors (Lipinski definition) is 1. The number of benzene rings is 2. The molecule has 0 spiro atoms. The molecule has 2 aromatic rings. The lowest BCUT2D eigenvalue weighted by Crippen LogP contribution is -2.46.